The van der Waals surface area contributed by atoms with Crippen molar-refractivity contribution in [2.75, 3.05) is 38.7 Å². The van der Waals surface area contributed by atoms with Gasteiger partial charge in [-0.3, -0.25) is 13.9 Å². The molecule has 0 saturated carbocycles. The fourth-order valence-electron chi connectivity index (χ4n) is 4.48. The van der Waals surface area contributed by atoms with Crippen LogP contribution in [-0.4, -0.2) is 65.6 Å². The number of carbonyl (C=O) groups excluding carboxylic acids is 2. The highest BCUT2D eigenvalue weighted by Crippen LogP contribution is 2.32. The van der Waals surface area contributed by atoms with Crippen LogP contribution in [0.2, 0.25) is 0 Å². The summed E-state index contributed by atoms with van der Waals surface area (Å²) in [7, 11) is 0.158. The number of hydrogen-bond donors (Lipinski definition) is 1. The zero-order valence-electron chi connectivity index (χ0n) is 24.7. The summed E-state index contributed by atoms with van der Waals surface area (Å²) in [6.45, 7) is 3.75. The quantitative estimate of drug-likeness (QED) is 0.279. The second-order valence-corrected chi connectivity index (χ2v) is 11.3. The van der Waals surface area contributed by atoms with Crippen LogP contribution < -0.4 is 23.8 Å². The predicted octanol–water partition coefficient (Wildman–Crippen LogP) is 4.24. The van der Waals surface area contributed by atoms with Gasteiger partial charge in [0.05, 0.1) is 31.9 Å². The molecule has 2 amide bonds. The van der Waals surface area contributed by atoms with Crippen molar-refractivity contribution in [2.24, 2.45) is 0 Å². The Morgan fingerprint density at radius 3 is 2.19 bits per heavy atom. The Labute approximate surface area is 248 Å². The van der Waals surface area contributed by atoms with Gasteiger partial charge in [0, 0.05) is 19.2 Å². The number of nitrogens with zero attached hydrogens (tertiary/aromatic N) is 2. The number of carbonyl (C=O) groups is 2. The van der Waals surface area contributed by atoms with Crippen LogP contribution >= 0.6 is 0 Å². The van der Waals surface area contributed by atoms with Crippen molar-refractivity contribution >= 4 is 27.5 Å². The van der Waals surface area contributed by atoms with Crippen LogP contribution in [-0.2, 0) is 26.2 Å². The Morgan fingerprint density at radius 2 is 1.57 bits per heavy atom. The molecule has 11 heteroatoms. The van der Waals surface area contributed by atoms with Crippen LogP contribution in [0.5, 0.6) is 17.2 Å². The molecule has 0 aliphatic heterocycles. The van der Waals surface area contributed by atoms with Gasteiger partial charge >= 0.3 is 0 Å². The maximum Gasteiger partial charge on any atom is 0.264 e. The number of rotatable bonds is 15. The maximum atomic E-state index is 14.1. The number of nitrogens with one attached hydrogen (secondary N) is 1. The first-order chi connectivity index (χ1) is 20.2. The second kappa shape index (κ2) is 15.1. The van der Waals surface area contributed by atoms with E-state index in [1.54, 1.807) is 55.6 Å². The Hall–Kier alpha value is -4.25. The third-order valence-corrected chi connectivity index (χ3v) is 8.46. The summed E-state index contributed by atoms with van der Waals surface area (Å²) in [6, 6.07) is 19.0. The molecule has 3 aromatic carbocycles. The molecule has 0 aliphatic carbocycles. The van der Waals surface area contributed by atoms with E-state index in [0.29, 0.717) is 30.2 Å². The molecule has 0 spiro atoms. The molecule has 0 radical (unpaired) electrons. The van der Waals surface area contributed by atoms with Crippen LogP contribution in [0.25, 0.3) is 0 Å². The van der Waals surface area contributed by atoms with Gasteiger partial charge in [-0.1, -0.05) is 44.2 Å². The number of anilines is 1. The Balaban J connectivity index is 2.07. The van der Waals surface area contributed by atoms with E-state index in [2.05, 4.69) is 5.32 Å². The largest absolute Gasteiger partial charge is 0.497 e. The molecule has 0 aromatic heterocycles. The van der Waals surface area contributed by atoms with E-state index in [1.165, 1.54) is 37.3 Å². The molecule has 42 heavy (non-hydrogen) atoms. The van der Waals surface area contributed by atoms with E-state index in [9.17, 15) is 18.0 Å². The van der Waals surface area contributed by atoms with Crippen molar-refractivity contribution in [3.63, 3.8) is 0 Å². The van der Waals surface area contributed by atoms with E-state index in [1.807, 2.05) is 19.9 Å². The van der Waals surface area contributed by atoms with Crippen molar-refractivity contribution in [1.29, 1.82) is 0 Å². The van der Waals surface area contributed by atoms with E-state index < -0.39 is 28.5 Å². The lowest BCUT2D eigenvalue weighted by Gasteiger charge is -2.33. The predicted molar refractivity (Wildman–Crippen MR) is 161 cm³/mol. The van der Waals surface area contributed by atoms with Gasteiger partial charge in [-0.2, -0.15) is 0 Å². The Morgan fingerprint density at radius 1 is 0.857 bits per heavy atom. The SMILES string of the molecule is CCCNC(=O)[C@H](CC)N(Cc1cccc(OC)c1)C(=O)CN(c1ccccc1)S(=O)(=O)c1ccc(OC)c(OC)c1. The molecule has 0 heterocycles. The minimum Gasteiger partial charge on any atom is -0.497 e. The second-order valence-electron chi connectivity index (χ2n) is 9.45. The van der Waals surface area contributed by atoms with E-state index in [0.717, 1.165) is 16.3 Å². The first-order valence-electron chi connectivity index (χ1n) is 13.7. The van der Waals surface area contributed by atoms with Gasteiger partial charge in [0.15, 0.2) is 11.5 Å². The van der Waals surface area contributed by atoms with Crippen molar-refractivity contribution in [2.45, 2.75) is 44.2 Å². The molecule has 10 nitrogen and oxygen atoms in total. The standard InChI is InChI=1S/C31H39N3O7S/c1-6-18-32-31(36)27(7-2)33(21-23-12-11-15-25(19-23)39-3)30(35)22-34(24-13-9-8-10-14-24)42(37,38)26-16-17-28(40-4)29(20-26)41-5/h8-17,19-20,27H,6-7,18,21-22H2,1-5H3,(H,32,36)/t27-/m0/s1. The molecule has 0 bridgehead atoms. The average Bonchev–Trinajstić information content (AvgIpc) is 3.02. The molecule has 0 saturated heterocycles. The highest BCUT2D eigenvalue weighted by Gasteiger charge is 2.34. The fraction of sp³-hybridized carbons (Fsp3) is 0.355. The summed E-state index contributed by atoms with van der Waals surface area (Å²) in [5, 5.41) is 2.88. The zero-order chi connectivity index (χ0) is 30.7. The third-order valence-electron chi connectivity index (χ3n) is 6.69. The number of sulfonamides is 1. The van der Waals surface area contributed by atoms with Gasteiger partial charge in [0.1, 0.15) is 18.3 Å². The summed E-state index contributed by atoms with van der Waals surface area (Å²) in [6.07, 6.45) is 1.07. The lowest BCUT2D eigenvalue weighted by molar-refractivity contribution is -0.140. The fourth-order valence-corrected chi connectivity index (χ4v) is 5.91. The molecule has 1 atom stereocenters. The highest BCUT2D eigenvalue weighted by atomic mass is 32.2. The van der Waals surface area contributed by atoms with Gasteiger partial charge in [-0.05, 0) is 54.8 Å². The number of benzene rings is 3. The number of methoxy groups -OCH3 is 3. The number of ether oxygens (including phenoxy) is 3. The van der Waals surface area contributed by atoms with Gasteiger partial charge < -0.3 is 24.4 Å². The monoisotopic (exact) mass is 597 g/mol. The van der Waals surface area contributed by atoms with Gasteiger partial charge in [-0.15, -0.1) is 0 Å². The van der Waals surface area contributed by atoms with Crippen LogP contribution in [0.3, 0.4) is 0 Å². The summed E-state index contributed by atoms with van der Waals surface area (Å²) >= 11 is 0. The van der Waals surface area contributed by atoms with Crippen molar-refractivity contribution in [3.05, 3.63) is 78.4 Å². The number of hydrogen-bond acceptors (Lipinski definition) is 7. The molecule has 0 aliphatic rings. The lowest BCUT2D eigenvalue weighted by Crippen LogP contribution is -2.52. The molecule has 3 rings (SSSR count). The molecular formula is C31H39N3O7S. The highest BCUT2D eigenvalue weighted by molar-refractivity contribution is 7.92. The van der Waals surface area contributed by atoms with Gasteiger partial charge in [-0.25, -0.2) is 8.42 Å². The van der Waals surface area contributed by atoms with Gasteiger partial charge in [0.25, 0.3) is 10.0 Å². The smallest absolute Gasteiger partial charge is 0.264 e. The molecule has 226 valence electrons. The molecule has 0 fully saturated rings. The van der Waals surface area contributed by atoms with Crippen LogP contribution in [0.4, 0.5) is 5.69 Å². The topological polar surface area (TPSA) is 114 Å². The van der Waals surface area contributed by atoms with Crippen molar-refractivity contribution in [1.82, 2.24) is 10.2 Å². The summed E-state index contributed by atoms with van der Waals surface area (Å²) in [5.74, 6) is 0.363. The summed E-state index contributed by atoms with van der Waals surface area (Å²) < 4.78 is 45.1. The third kappa shape index (κ3) is 7.73. The minimum absolute atomic E-state index is 0.0765. The number of para-hydroxylation sites is 1. The van der Waals surface area contributed by atoms with Crippen LogP contribution in [0.1, 0.15) is 32.3 Å². The first-order valence-corrected chi connectivity index (χ1v) is 15.1. The van der Waals surface area contributed by atoms with Crippen LogP contribution in [0, 0.1) is 0 Å². The molecule has 1 N–H and O–H groups in total. The van der Waals surface area contributed by atoms with Gasteiger partial charge in [0.2, 0.25) is 11.8 Å². The Kier molecular flexibility index (Phi) is 11.6. The van der Waals surface area contributed by atoms with Crippen molar-refractivity contribution in [3.8, 4) is 17.2 Å². The average molecular weight is 598 g/mol. The van der Waals surface area contributed by atoms with E-state index >= 15 is 0 Å². The summed E-state index contributed by atoms with van der Waals surface area (Å²) in [4.78, 5) is 28.7. The maximum absolute atomic E-state index is 14.1. The first kappa shape index (κ1) is 32.3. The lowest BCUT2D eigenvalue weighted by atomic mass is 10.1. The van der Waals surface area contributed by atoms with E-state index in [-0.39, 0.29) is 23.1 Å². The van der Waals surface area contributed by atoms with E-state index in [4.69, 9.17) is 14.2 Å². The molecular weight excluding hydrogens is 558 g/mol. The van der Waals surface area contributed by atoms with Crippen LogP contribution in [0.15, 0.2) is 77.7 Å². The zero-order valence-corrected chi connectivity index (χ0v) is 25.5. The Bertz CT molecular complexity index is 1450. The van der Waals surface area contributed by atoms with Crippen molar-refractivity contribution < 1.29 is 32.2 Å². The summed E-state index contributed by atoms with van der Waals surface area (Å²) in [5.41, 5.74) is 1.03. The molecule has 0 unspecified atom stereocenters. The normalized spacial score (nSPS) is 11.7. The minimum atomic E-state index is -4.26. The molecule has 3 aromatic rings. The number of amides is 2.